The summed E-state index contributed by atoms with van der Waals surface area (Å²) in [5.74, 6) is -0.416. The fraction of sp³-hybridized carbons (Fsp3) is 0.500. The number of rotatable bonds is 4. The van der Waals surface area contributed by atoms with E-state index in [1.165, 1.54) is 12.1 Å². The van der Waals surface area contributed by atoms with Gasteiger partial charge in [0.05, 0.1) is 5.92 Å². The maximum Gasteiger partial charge on any atom is 0.231 e. The van der Waals surface area contributed by atoms with Gasteiger partial charge >= 0.3 is 0 Å². The summed E-state index contributed by atoms with van der Waals surface area (Å²) >= 11 is 0. The quantitative estimate of drug-likeness (QED) is 0.889. The van der Waals surface area contributed by atoms with Crippen LogP contribution < -0.4 is 10.6 Å². The molecule has 0 fully saturated rings. The second kappa shape index (κ2) is 5.48. The highest BCUT2D eigenvalue weighted by Crippen LogP contribution is 2.30. The molecule has 0 aromatic heterocycles. The van der Waals surface area contributed by atoms with Crippen LogP contribution in [0.1, 0.15) is 25.3 Å². The molecule has 0 radical (unpaired) electrons. The van der Waals surface area contributed by atoms with Crippen LogP contribution in [0.2, 0.25) is 0 Å². The van der Waals surface area contributed by atoms with Gasteiger partial charge in [-0.15, -0.1) is 0 Å². The largest absolute Gasteiger partial charge is 0.330 e. The van der Waals surface area contributed by atoms with Gasteiger partial charge in [-0.3, -0.25) is 4.79 Å². The van der Waals surface area contributed by atoms with Crippen LogP contribution in [0.4, 0.5) is 10.1 Å². The molecule has 0 bridgehead atoms. The molecule has 4 heteroatoms. The lowest BCUT2D eigenvalue weighted by molar-refractivity contribution is -0.122. The first kappa shape index (κ1) is 13.0. The highest BCUT2D eigenvalue weighted by atomic mass is 19.1. The molecule has 2 rings (SSSR count). The molecular formula is C14H19FN2O. The zero-order chi connectivity index (χ0) is 13.1. The number of anilines is 1. The highest BCUT2D eigenvalue weighted by Gasteiger charge is 2.29. The molecule has 1 unspecified atom stereocenters. The first-order valence-electron chi connectivity index (χ1n) is 6.47. The molecule has 1 aliphatic heterocycles. The molecule has 18 heavy (non-hydrogen) atoms. The van der Waals surface area contributed by atoms with Crippen LogP contribution in [0.25, 0.3) is 0 Å². The van der Waals surface area contributed by atoms with E-state index in [0.717, 1.165) is 30.5 Å². The fourth-order valence-electron chi connectivity index (χ4n) is 2.49. The zero-order valence-corrected chi connectivity index (χ0v) is 10.7. The minimum atomic E-state index is -0.298. The van der Waals surface area contributed by atoms with Crippen molar-refractivity contribution in [2.24, 2.45) is 11.7 Å². The first-order chi connectivity index (χ1) is 8.67. The third-order valence-electron chi connectivity index (χ3n) is 3.48. The predicted molar refractivity (Wildman–Crippen MR) is 69.9 cm³/mol. The summed E-state index contributed by atoms with van der Waals surface area (Å²) in [6.45, 7) is 3.03. The lowest BCUT2D eigenvalue weighted by Gasteiger charge is -2.23. The van der Waals surface area contributed by atoms with Crippen molar-refractivity contribution in [2.45, 2.75) is 26.2 Å². The second-order valence-corrected chi connectivity index (χ2v) is 4.73. The zero-order valence-electron chi connectivity index (χ0n) is 10.7. The number of hydrogen-bond acceptors (Lipinski definition) is 2. The number of carbonyl (C=O) groups is 1. The van der Waals surface area contributed by atoms with Crippen molar-refractivity contribution >= 4 is 11.6 Å². The third kappa shape index (κ3) is 2.38. The van der Waals surface area contributed by atoms with E-state index >= 15 is 0 Å². The summed E-state index contributed by atoms with van der Waals surface area (Å²) in [4.78, 5) is 14.1. The third-order valence-corrected chi connectivity index (χ3v) is 3.48. The molecule has 0 spiro atoms. The van der Waals surface area contributed by atoms with Crippen molar-refractivity contribution in [3.05, 3.63) is 29.6 Å². The lowest BCUT2D eigenvalue weighted by atomic mass is 10.0. The Morgan fingerprint density at radius 3 is 3.00 bits per heavy atom. The van der Waals surface area contributed by atoms with Crippen LogP contribution in [0.3, 0.4) is 0 Å². The van der Waals surface area contributed by atoms with E-state index in [0.29, 0.717) is 13.1 Å². The topological polar surface area (TPSA) is 46.3 Å². The summed E-state index contributed by atoms with van der Waals surface area (Å²) in [5, 5.41) is 0. The Morgan fingerprint density at radius 1 is 1.56 bits per heavy atom. The van der Waals surface area contributed by atoms with Crippen LogP contribution in [-0.2, 0) is 11.2 Å². The van der Waals surface area contributed by atoms with E-state index in [9.17, 15) is 9.18 Å². The van der Waals surface area contributed by atoms with Gasteiger partial charge in [-0.1, -0.05) is 19.4 Å². The molecule has 0 aliphatic carbocycles. The summed E-state index contributed by atoms with van der Waals surface area (Å²) in [6.07, 6.45) is 2.51. The molecule has 0 saturated heterocycles. The summed E-state index contributed by atoms with van der Waals surface area (Å²) in [6, 6.07) is 4.65. The number of benzene rings is 1. The van der Waals surface area contributed by atoms with Crippen molar-refractivity contribution in [2.75, 3.05) is 18.0 Å². The predicted octanol–water partition coefficient (Wildman–Crippen LogP) is 2.09. The molecule has 1 heterocycles. The Morgan fingerprint density at radius 2 is 2.33 bits per heavy atom. The molecule has 1 aliphatic rings. The lowest BCUT2D eigenvalue weighted by Crippen LogP contribution is -2.38. The molecule has 98 valence electrons. The van der Waals surface area contributed by atoms with Gasteiger partial charge < -0.3 is 10.6 Å². The molecule has 3 nitrogen and oxygen atoms in total. The van der Waals surface area contributed by atoms with E-state index in [1.807, 2.05) is 6.92 Å². The number of hydrogen-bond donors (Lipinski definition) is 1. The van der Waals surface area contributed by atoms with Crippen molar-refractivity contribution in [3.8, 4) is 0 Å². The van der Waals surface area contributed by atoms with Crippen LogP contribution >= 0.6 is 0 Å². The van der Waals surface area contributed by atoms with E-state index in [1.54, 1.807) is 11.0 Å². The van der Waals surface area contributed by atoms with E-state index in [4.69, 9.17) is 5.73 Å². The van der Waals surface area contributed by atoms with Gasteiger partial charge in [-0.25, -0.2) is 4.39 Å². The first-order valence-corrected chi connectivity index (χ1v) is 6.47. The number of fused-ring (bicyclic) bond motifs is 1. The summed E-state index contributed by atoms with van der Waals surface area (Å²) < 4.78 is 13.3. The molecular weight excluding hydrogens is 231 g/mol. The summed E-state index contributed by atoms with van der Waals surface area (Å²) in [7, 11) is 0. The molecule has 1 aromatic rings. The molecule has 2 N–H and O–H groups in total. The molecule has 1 amide bonds. The fourth-order valence-corrected chi connectivity index (χ4v) is 2.49. The smallest absolute Gasteiger partial charge is 0.231 e. The minimum Gasteiger partial charge on any atom is -0.330 e. The maximum atomic E-state index is 13.3. The van der Waals surface area contributed by atoms with E-state index in [-0.39, 0.29) is 17.6 Å². The van der Waals surface area contributed by atoms with Crippen LogP contribution in [0.15, 0.2) is 18.2 Å². The number of amides is 1. The number of nitrogens with zero attached hydrogens (tertiary/aromatic N) is 1. The average Bonchev–Trinajstić information content (AvgIpc) is 2.78. The van der Waals surface area contributed by atoms with Gasteiger partial charge in [0, 0.05) is 18.8 Å². The Balaban J connectivity index is 2.22. The number of nitrogens with two attached hydrogens (primary N) is 1. The van der Waals surface area contributed by atoms with Gasteiger partial charge in [0.25, 0.3) is 0 Å². The van der Waals surface area contributed by atoms with Gasteiger partial charge in [-0.05, 0) is 30.5 Å². The van der Waals surface area contributed by atoms with Crippen LogP contribution in [0, 0.1) is 11.7 Å². The van der Waals surface area contributed by atoms with Crippen molar-refractivity contribution in [1.29, 1.82) is 0 Å². The Bertz CT molecular complexity index is 447. The van der Waals surface area contributed by atoms with Crippen molar-refractivity contribution in [3.63, 3.8) is 0 Å². The SMILES string of the molecule is CCCC(CN)C(=O)N1CCc2ccc(F)cc21. The van der Waals surface area contributed by atoms with Crippen LogP contribution in [0.5, 0.6) is 0 Å². The Kier molecular flexibility index (Phi) is 3.97. The minimum absolute atomic E-state index is 0.0312. The number of halogens is 1. The van der Waals surface area contributed by atoms with Gasteiger partial charge in [0.2, 0.25) is 5.91 Å². The molecule has 0 saturated carbocycles. The van der Waals surface area contributed by atoms with Gasteiger partial charge in [0.15, 0.2) is 0 Å². The standard InChI is InChI=1S/C14H19FN2O/c1-2-3-11(9-16)14(18)17-7-6-10-4-5-12(15)8-13(10)17/h4-5,8,11H,2-3,6-7,9,16H2,1H3. The molecule has 1 atom stereocenters. The average molecular weight is 250 g/mol. The van der Waals surface area contributed by atoms with E-state index < -0.39 is 0 Å². The normalized spacial score (nSPS) is 15.6. The summed E-state index contributed by atoms with van der Waals surface area (Å²) in [5.41, 5.74) is 7.41. The van der Waals surface area contributed by atoms with Gasteiger partial charge in [0.1, 0.15) is 5.82 Å². The number of carbonyl (C=O) groups excluding carboxylic acids is 1. The van der Waals surface area contributed by atoms with E-state index in [2.05, 4.69) is 0 Å². The monoisotopic (exact) mass is 250 g/mol. The highest BCUT2D eigenvalue weighted by molar-refractivity contribution is 5.97. The Hall–Kier alpha value is -1.42. The second-order valence-electron chi connectivity index (χ2n) is 4.73. The van der Waals surface area contributed by atoms with Crippen molar-refractivity contribution in [1.82, 2.24) is 0 Å². The Labute approximate surface area is 107 Å². The van der Waals surface area contributed by atoms with Gasteiger partial charge in [-0.2, -0.15) is 0 Å². The van der Waals surface area contributed by atoms with Crippen molar-refractivity contribution < 1.29 is 9.18 Å². The van der Waals surface area contributed by atoms with Crippen LogP contribution in [-0.4, -0.2) is 19.0 Å². The maximum absolute atomic E-state index is 13.3. The molecule has 1 aromatic carbocycles.